The van der Waals surface area contributed by atoms with Crippen LogP contribution in [-0.2, 0) is 8.85 Å². The number of hydrogen-bond donors (Lipinski definition) is 0. The molecular weight excluding hydrogens is 230 g/mol. The van der Waals surface area contributed by atoms with Crippen LogP contribution in [-0.4, -0.2) is 29.5 Å². The molecule has 1 aliphatic heterocycles. The van der Waals surface area contributed by atoms with E-state index in [0.29, 0.717) is 5.54 Å². The zero-order valence-electron chi connectivity index (χ0n) is 10.8. The van der Waals surface area contributed by atoms with Crippen LogP contribution >= 0.6 is 0 Å². The second kappa shape index (κ2) is 5.21. The van der Waals surface area contributed by atoms with Gasteiger partial charge in [-0.05, 0) is 25.0 Å². The van der Waals surface area contributed by atoms with Crippen molar-refractivity contribution >= 4 is 14.4 Å². The minimum absolute atomic E-state index is 0.492. The summed E-state index contributed by atoms with van der Waals surface area (Å²) in [7, 11) is 1.30. The Morgan fingerprint density at radius 1 is 1.18 bits per heavy atom. The number of benzene rings is 1. The lowest BCUT2D eigenvalue weighted by atomic mass is 10.2. The van der Waals surface area contributed by atoms with E-state index in [1.54, 1.807) is 14.2 Å². The Labute approximate surface area is 105 Å². The average Bonchev–Trinajstić information content (AvgIpc) is 2.40. The van der Waals surface area contributed by atoms with Gasteiger partial charge in [-0.15, -0.1) is 0 Å². The predicted molar refractivity (Wildman–Crippen MR) is 72.2 cm³/mol. The molecule has 1 unspecified atom stereocenters. The monoisotopic (exact) mass is 251 g/mol. The van der Waals surface area contributed by atoms with Crippen molar-refractivity contribution in [1.82, 2.24) is 0 Å². The van der Waals surface area contributed by atoms with E-state index < -0.39 is 8.72 Å². The average molecular weight is 251 g/mol. The standard InChI is InChI=1S/C13H21NO2Si/c1-12-8-7-11-14(17(12,15-2)16-3)13-9-5-4-6-10-13/h4-6,9-10,12H,7-8,11H2,1-3H3. The summed E-state index contributed by atoms with van der Waals surface area (Å²) < 4.78 is 14.1. The molecule has 1 aromatic rings. The van der Waals surface area contributed by atoms with Gasteiger partial charge in [0.05, 0.1) is 0 Å². The largest absolute Gasteiger partial charge is 0.461 e. The van der Waals surface area contributed by atoms with Crippen molar-refractivity contribution in [2.75, 3.05) is 25.3 Å². The first-order valence-corrected chi connectivity index (χ1v) is 8.01. The van der Waals surface area contributed by atoms with Crippen molar-refractivity contribution in [3.8, 4) is 0 Å². The van der Waals surface area contributed by atoms with Crippen LogP contribution in [0.25, 0.3) is 0 Å². The summed E-state index contributed by atoms with van der Waals surface area (Å²) in [5, 5.41) is 0. The topological polar surface area (TPSA) is 21.7 Å². The molecule has 1 fully saturated rings. The van der Waals surface area contributed by atoms with Gasteiger partial charge in [0.2, 0.25) is 0 Å². The first-order chi connectivity index (χ1) is 8.24. The van der Waals surface area contributed by atoms with Crippen LogP contribution in [0.3, 0.4) is 0 Å². The van der Waals surface area contributed by atoms with Crippen molar-refractivity contribution in [3.63, 3.8) is 0 Å². The molecule has 0 amide bonds. The van der Waals surface area contributed by atoms with Gasteiger partial charge >= 0.3 is 8.72 Å². The second-order valence-corrected chi connectivity index (χ2v) is 8.17. The lowest BCUT2D eigenvalue weighted by Gasteiger charge is -2.46. The number of hydrogen-bond acceptors (Lipinski definition) is 3. The Hall–Kier alpha value is -0.843. The van der Waals surface area contributed by atoms with Crippen LogP contribution in [0.2, 0.25) is 5.54 Å². The molecule has 0 saturated carbocycles. The number of anilines is 1. The molecule has 17 heavy (non-hydrogen) atoms. The Bertz CT molecular complexity index is 354. The lowest BCUT2D eigenvalue weighted by Crippen LogP contribution is -2.63. The molecule has 1 atom stereocenters. The maximum Gasteiger partial charge on any atom is 0.461 e. The molecule has 0 aliphatic carbocycles. The lowest BCUT2D eigenvalue weighted by molar-refractivity contribution is 0.217. The highest BCUT2D eigenvalue weighted by atomic mass is 28.4. The van der Waals surface area contributed by atoms with Crippen molar-refractivity contribution in [1.29, 1.82) is 0 Å². The fourth-order valence-electron chi connectivity index (χ4n) is 2.78. The molecule has 1 aromatic carbocycles. The fourth-order valence-corrected chi connectivity index (χ4v) is 6.27. The first-order valence-electron chi connectivity index (χ1n) is 6.17. The Morgan fingerprint density at radius 2 is 1.82 bits per heavy atom. The normalized spacial score (nSPS) is 23.7. The molecule has 4 heteroatoms. The van der Waals surface area contributed by atoms with Crippen molar-refractivity contribution in [2.45, 2.75) is 25.3 Å². The van der Waals surface area contributed by atoms with E-state index >= 15 is 0 Å². The number of nitrogens with zero attached hydrogens (tertiary/aromatic N) is 1. The number of rotatable bonds is 3. The smallest absolute Gasteiger partial charge is 0.382 e. The molecule has 1 aliphatic rings. The Kier molecular flexibility index (Phi) is 3.86. The van der Waals surface area contributed by atoms with E-state index in [-0.39, 0.29) is 0 Å². The summed E-state index contributed by atoms with van der Waals surface area (Å²) in [5.74, 6) is 0. The number of para-hydroxylation sites is 1. The molecule has 0 bridgehead atoms. The highest BCUT2D eigenvalue weighted by molar-refractivity contribution is 6.73. The van der Waals surface area contributed by atoms with Crippen molar-refractivity contribution in [2.24, 2.45) is 0 Å². The van der Waals surface area contributed by atoms with Crippen LogP contribution in [0.4, 0.5) is 5.69 Å². The summed E-state index contributed by atoms with van der Waals surface area (Å²) in [6.07, 6.45) is 2.40. The van der Waals surface area contributed by atoms with Crippen LogP contribution < -0.4 is 4.57 Å². The third-order valence-corrected chi connectivity index (χ3v) is 7.61. The summed E-state index contributed by atoms with van der Waals surface area (Å²) >= 11 is 0. The van der Waals surface area contributed by atoms with E-state index in [2.05, 4.69) is 35.8 Å². The summed E-state index contributed by atoms with van der Waals surface area (Å²) in [4.78, 5) is 0. The van der Waals surface area contributed by atoms with E-state index in [1.165, 1.54) is 18.5 Å². The van der Waals surface area contributed by atoms with Gasteiger partial charge in [0.25, 0.3) is 0 Å². The van der Waals surface area contributed by atoms with Gasteiger partial charge in [-0.2, -0.15) is 0 Å². The van der Waals surface area contributed by atoms with Gasteiger partial charge in [0.15, 0.2) is 0 Å². The predicted octanol–water partition coefficient (Wildman–Crippen LogP) is 2.91. The third-order valence-electron chi connectivity index (χ3n) is 3.67. The van der Waals surface area contributed by atoms with Gasteiger partial charge in [-0.3, -0.25) is 0 Å². The molecule has 1 heterocycles. The van der Waals surface area contributed by atoms with Gasteiger partial charge in [-0.25, -0.2) is 0 Å². The van der Waals surface area contributed by atoms with Crippen molar-refractivity contribution < 1.29 is 8.85 Å². The van der Waals surface area contributed by atoms with Crippen LogP contribution in [0.5, 0.6) is 0 Å². The SMILES string of the molecule is CO[Si]1(OC)C(C)CCCN1c1ccccc1. The maximum atomic E-state index is 5.85. The summed E-state index contributed by atoms with van der Waals surface area (Å²) in [6, 6.07) is 10.5. The van der Waals surface area contributed by atoms with Gasteiger partial charge < -0.3 is 13.4 Å². The fraction of sp³-hybridized carbons (Fsp3) is 0.538. The van der Waals surface area contributed by atoms with Gasteiger partial charge in [0.1, 0.15) is 0 Å². The first kappa shape index (κ1) is 12.6. The highest BCUT2D eigenvalue weighted by Crippen LogP contribution is 2.38. The maximum absolute atomic E-state index is 5.85. The highest BCUT2D eigenvalue weighted by Gasteiger charge is 2.51. The molecule has 2 rings (SSSR count). The Balaban J connectivity index is 2.36. The van der Waals surface area contributed by atoms with E-state index in [4.69, 9.17) is 8.85 Å². The van der Waals surface area contributed by atoms with E-state index in [0.717, 1.165) is 6.54 Å². The van der Waals surface area contributed by atoms with Crippen LogP contribution in [0.15, 0.2) is 30.3 Å². The minimum Gasteiger partial charge on any atom is -0.382 e. The van der Waals surface area contributed by atoms with Crippen LogP contribution in [0.1, 0.15) is 19.8 Å². The third kappa shape index (κ3) is 2.12. The molecule has 3 nitrogen and oxygen atoms in total. The van der Waals surface area contributed by atoms with Crippen LogP contribution in [0, 0.1) is 0 Å². The summed E-state index contributed by atoms with van der Waals surface area (Å²) in [5.41, 5.74) is 1.71. The van der Waals surface area contributed by atoms with E-state index in [1.807, 2.05) is 6.07 Å². The molecule has 0 aromatic heterocycles. The van der Waals surface area contributed by atoms with Gasteiger partial charge in [-0.1, -0.05) is 25.1 Å². The molecule has 1 saturated heterocycles. The zero-order chi connectivity index (χ0) is 12.3. The molecule has 0 N–H and O–H groups in total. The molecule has 0 radical (unpaired) electrons. The zero-order valence-corrected chi connectivity index (χ0v) is 11.8. The molecular formula is C13H21NO2Si. The van der Waals surface area contributed by atoms with E-state index in [9.17, 15) is 0 Å². The minimum atomic E-state index is -2.27. The summed E-state index contributed by atoms with van der Waals surface area (Å²) in [6.45, 7) is 3.27. The Morgan fingerprint density at radius 3 is 2.41 bits per heavy atom. The molecule has 94 valence electrons. The second-order valence-electron chi connectivity index (χ2n) is 4.57. The molecule has 0 spiro atoms. The van der Waals surface area contributed by atoms with Crippen molar-refractivity contribution in [3.05, 3.63) is 30.3 Å². The van der Waals surface area contributed by atoms with Gasteiger partial charge in [0, 0.05) is 32.0 Å². The quantitative estimate of drug-likeness (QED) is 0.771.